The van der Waals surface area contributed by atoms with Gasteiger partial charge in [-0.15, -0.1) is 0 Å². The third kappa shape index (κ3) is 3.77. The average Bonchev–Trinajstić information content (AvgIpc) is 2.27. The number of nitrogens with zero attached hydrogens (tertiary/aromatic N) is 1. The van der Waals surface area contributed by atoms with Gasteiger partial charge in [0.05, 0.1) is 21.3 Å². The Balaban J connectivity index is 3.03. The van der Waals surface area contributed by atoms with E-state index in [0.717, 1.165) is 12.0 Å². The largest absolute Gasteiger partial charge is 0.245 e. The van der Waals surface area contributed by atoms with Crippen LogP contribution < -0.4 is 4.72 Å². The average molecular weight is 289 g/mol. The smallest absolute Gasteiger partial charge is 0.129 e. The van der Waals surface area contributed by atoms with E-state index in [0.29, 0.717) is 5.15 Å². The summed E-state index contributed by atoms with van der Waals surface area (Å²) in [5, 5.41) is 0.454. The summed E-state index contributed by atoms with van der Waals surface area (Å²) in [6.45, 7) is 9.94. The van der Waals surface area contributed by atoms with Crippen LogP contribution in [0.2, 0.25) is 5.15 Å². The van der Waals surface area contributed by atoms with Gasteiger partial charge in [0, 0.05) is 6.20 Å². The highest BCUT2D eigenvalue weighted by atomic mass is 35.5. The molecule has 1 aromatic heterocycles. The molecular weight excluding hydrogens is 268 g/mol. The Morgan fingerprint density at radius 1 is 1.39 bits per heavy atom. The van der Waals surface area contributed by atoms with E-state index in [1.54, 1.807) is 6.20 Å². The second-order valence-corrected chi connectivity index (χ2v) is 7.89. The summed E-state index contributed by atoms with van der Waals surface area (Å²) in [5.41, 5.74) is 0.632. The van der Waals surface area contributed by atoms with Crippen molar-refractivity contribution in [1.82, 2.24) is 9.71 Å². The van der Waals surface area contributed by atoms with E-state index in [1.807, 2.05) is 39.8 Å². The van der Waals surface area contributed by atoms with E-state index in [4.69, 9.17) is 11.6 Å². The number of rotatable bonds is 4. The molecule has 18 heavy (non-hydrogen) atoms. The van der Waals surface area contributed by atoms with E-state index in [9.17, 15) is 4.21 Å². The summed E-state index contributed by atoms with van der Waals surface area (Å²) < 4.78 is 15.2. The third-order valence-corrected chi connectivity index (χ3v) is 4.90. The zero-order chi connectivity index (χ0) is 14.0. The van der Waals surface area contributed by atoms with Crippen molar-refractivity contribution >= 4 is 22.6 Å². The van der Waals surface area contributed by atoms with Gasteiger partial charge in [0.25, 0.3) is 0 Å². The second kappa shape index (κ2) is 5.68. The van der Waals surface area contributed by atoms with Crippen molar-refractivity contribution in [3.05, 3.63) is 29.0 Å². The van der Waals surface area contributed by atoms with Crippen LogP contribution in [0.15, 0.2) is 18.3 Å². The van der Waals surface area contributed by atoms with Crippen LogP contribution in [-0.2, 0) is 16.5 Å². The summed E-state index contributed by atoms with van der Waals surface area (Å²) in [6, 6.07) is 3.72. The first-order valence-corrected chi connectivity index (χ1v) is 7.53. The lowest BCUT2D eigenvalue weighted by Crippen LogP contribution is -2.45. The summed E-state index contributed by atoms with van der Waals surface area (Å²) in [4.78, 5) is 3.98. The number of aromatic nitrogens is 1. The molecule has 1 rings (SSSR count). The van der Waals surface area contributed by atoms with Crippen LogP contribution in [0.3, 0.4) is 0 Å². The Morgan fingerprint density at radius 3 is 2.44 bits per heavy atom. The molecule has 3 nitrogen and oxygen atoms in total. The molecule has 0 aliphatic carbocycles. The minimum absolute atomic E-state index is 0.298. The standard InChI is InChI=1S/C13H21ClN2OS/c1-6-13(5,16-18(17)12(2,3)4)10-7-8-15-11(14)9-10/h7-9,16H,6H2,1-5H3/t13-,18-/m1/s1. The molecule has 0 spiro atoms. The van der Waals surface area contributed by atoms with Gasteiger partial charge in [-0.25, -0.2) is 13.9 Å². The van der Waals surface area contributed by atoms with Gasteiger partial charge in [0.1, 0.15) is 5.15 Å². The Hall–Kier alpha value is -0.450. The van der Waals surface area contributed by atoms with Crippen LogP contribution in [-0.4, -0.2) is 13.9 Å². The molecule has 5 heteroatoms. The van der Waals surface area contributed by atoms with E-state index >= 15 is 0 Å². The molecule has 0 amide bonds. The number of hydrogen-bond acceptors (Lipinski definition) is 2. The van der Waals surface area contributed by atoms with Crippen LogP contribution in [0.5, 0.6) is 0 Å². The molecule has 0 aliphatic heterocycles. The molecule has 0 bridgehead atoms. The van der Waals surface area contributed by atoms with Gasteiger partial charge in [0.15, 0.2) is 0 Å². The number of nitrogens with one attached hydrogen (secondary N) is 1. The highest BCUT2D eigenvalue weighted by Gasteiger charge is 2.31. The highest BCUT2D eigenvalue weighted by molar-refractivity contribution is 7.84. The van der Waals surface area contributed by atoms with Crippen molar-refractivity contribution in [2.75, 3.05) is 0 Å². The fourth-order valence-electron chi connectivity index (χ4n) is 1.44. The fourth-order valence-corrected chi connectivity index (χ4v) is 2.59. The van der Waals surface area contributed by atoms with Gasteiger partial charge in [-0.05, 0) is 51.8 Å². The molecular formula is C13H21ClN2OS. The predicted molar refractivity (Wildman–Crippen MR) is 77.9 cm³/mol. The lowest BCUT2D eigenvalue weighted by Gasteiger charge is -2.33. The lowest BCUT2D eigenvalue weighted by atomic mass is 9.91. The molecule has 0 radical (unpaired) electrons. The molecule has 1 heterocycles. The van der Waals surface area contributed by atoms with Gasteiger partial charge in [-0.3, -0.25) is 0 Å². The zero-order valence-electron chi connectivity index (χ0n) is 11.6. The molecule has 0 aliphatic rings. The van der Waals surface area contributed by atoms with Crippen LogP contribution in [0, 0.1) is 0 Å². The van der Waals surface area contributed by atoms with Crippen LogP contribution in [0.25, 0.3) is 0 Å². The normalized spacial score (nSPS) is 17.2. The third-order valence-electron chi connectivity index (χ3n) is 2.94. The van der Waals surface area contributed by atoms with E-state index in [2.05, 4.69) is 16.6 Å². The first-order valence-electron chi connectivity index (χ1n) is 6.01. The predicted octanol–water partition coefficient (Wildman–Crippen LogP) is 3.41. The van der Waals surface area contributed by atoms with E-state index < -0.39 is 11.0 Å². The number of pyridine rings is 1. The molecule has 2 atom stereocenters. The van der Waals surface area contributed by atoms with Crippen LogP contribution in [0.1, 0.15) is 46.6 Å². The molecule has 0 unspecified atom stereocenters. The monoisotopic (exact) mass is 288 g/mol. The molecule has 0 saturated heterocycles. The molecule has 102 valence electrons. The van der Waals surface area contributed by atoms with E-state index in [1.165, 1.54) is 0 Å². The minimum Gasteiger partial charge on any atom is -0.245 e. The zero-order valence-corrected chi connectivity index (χ0v) is 13.2. The van der Waals surface area contributed by atoms with Gasteiger partial charge in [-0.1, -0.05) is 18.5 Å². The highest BCUT2D eigenvalue weighted by Crippen LogP contribution is 2.27. The Bertz CT molecular complexity index is 445. The van der Waals surface area contributed by atoms with Gasteiger partial charge in [0.2, 0.25) is 0 Å². The summed E-state index contributed by atoms with van der Waals surface area (Å²) >= 11 is 5.92. The molecule has 0 fully saturated rings. The summed E-state index contributed by atoms with van der Waals surface area (Å²) in [6.07, 6.45) is 2.49. The van der Waals surface area contributed by atoms with E-state index in [-0.39, 0.29) is 10.3 Å². The van der Waals surface area contributed by atoms with Crippen LogP contribution >= 0.6 is 11.6 Å². The second-order valence-electron chi connectivity index (χ2n) is 5.54. The molecule has 0 aromatic carbocycles. The maximum Gasteiger partial charge on any atom is 0.129 e. The van der Waals surface area contributed by atoms with Crippen molar-refractivity contribution in [2.24, 2.45) is 0 Å². The van der Waals surface area contributed by atoms with Crippen molar-refractivity contribution in [3.63, 3.8) is 0 Å². The SMILES string of the molecule is CC[C@@](C)(N[S@](=O)C(C)(C)C)c1ccnc(Cl)c1. The Morgan fingerprint density at radius 2 is 2.00 bits per heavy atom. The molecule has 0 saturated carbocycles. The number of hydrogen-bond donors (Lipinski definition) is 1. The van der Waals surface area contributed by atoms with Crippen molar-refractivity contribution in [2.45, 2.75) is 51.3 Å². The quantitative estimate of drug-likeness (QED) is 0.863. The summed E-state index contributed by atoms with van der Waals surface area (Å²) in [5.74, 6) is 0. The Kier molecular flexibility index (Phi) is 4.92. The van der Waals surface area contributed by atoms with Gasteiger partial charge in [-0.2, -0.15) is 0 Å². The maximum atomic E-state index is 12.2. The first-order chi connectivity index (χ1) is 8.19. The van der Waals surface area contributed by atoms with Crippen molar-refractivity contribution in [1.29, 1.82) is 0 Å². The topological polar surface area (TPSA) is 42.0 Å². The molecule has 1 aromatic rings. The molecule has 1 N–H and O–H groups in total. The number of halogens is 1. The van der Waals surface area contributed by atoms with Gasteiger partial charge >= 0.3 is 0 Å². The minimum atomic E-state index is -1.13. The lowest BCUT2D eigenvalue weighted by molar-refractivity contribution is 0.425. The summed E-state index contributed by atoms with van der Waals surface area (Å²) in [7, 11) is -1.13. The maximum absolute atomic E-state index is 12.2. The van der Waals surface area contributed by atoms with Crippen LogP contribution in [0.4, 0.5) is 0 Å². The Labute approximate surface area is 117 Å². The van der Waals surface area contributed by atoms with Crippen molar-refractivity contribution < 1.29 is 4.21 Å². The van der Waals surface area contributed by atoms with Crippen molar-refractivity contribution in [3.8, 4) is 0 Å². The fraction of sp³-hybridized carbons (Fsp3) is 0.615. The first kappa shape index (κ1) is 15.6. The van der Waals surface area contributed by atoms with Gasteiger partial charge < -0.3 is 0 Å².